The monoisotopic (exact) mass is 210 g/mol. The van der Waals surface area contributed by atoms with Crippen molar-refractivity contribution in [1.29, 1.82) is 0 Å². The van der Waals surface area contributed by atoms with E-state index < -0.39 is 0 Å². The first-order valence-electron chi connectivity index (χ1n) is 4.13. The minimum absolute atomic E-state index is 0.659. The van der Waals surface area contributed by atoms with Crippen LogP contribution in [0.5, 0.6) is 0 Å². The Hall–Kier alpha value is -1.50. The number of nitrogens with zero attached hydrogens (tertiary/aromatic N) is 5. The Kier molecular flexibility index (Phi) is 2.40. The van der Waals surface area contributed by atoms with E-state index in [9.17, 15) is 0 Å². The van der Waals surface area contributed by atoms with Crippen molar-refractivity contribution in [3.63, 3.8) is 0 Å². The number of nitrogens with one attached hydrogen (secondary N) is 1. The Morgan fingerprint density at radius 2 is 2.36 bits per heavy atom. The lowest BCUT2D eigenvalue weighted by Crippen LogP contribution is -2.04. The Morgan fingerprint density at radius 3 is 2.93 bits per heavy atom. The van der Waals surface area contributed by atoms with Gasteiger partial charge in [-0.25, -0.2) is 4.68 Å². The van der Waals surface area contributed by atoms with Crippen molar-refractivity contribution in [2.75, 3.05) is 5.32 Å². The number of rotatable bonds is 3. The van der Waals surface area contributed by atoms with E-state index >= 15 is 0 Å². The predicted octanol–water partition coefficient (Wildman–Crippen LogP) is 0.587. The minimum atomic E-state index is 0.659. The van der Waals surface area contributed by atoms with Gasteiger partial charge in [-0.05, 0) is 6.92 Å². The highest BCUT2D eigenvalue weighted by Crippen LogP contribution is 2.10. The summed E-state index contributed by atoms with van der Waals surface area (Å²) in [4.78, 5) is 0. The minimum Gasteiger partial charge on any atom is -0.362 e. The molecule has 0 radical (unpaired) electrons. The second-order valence-electron chi connectivity index (χ2n) is 2.81. The third kappa shape index (κ3) is 1.87. The van der Waals surface area contributed by atoms with E-state index in [1.165, 1.54) is 0 Å². The van der Waals surface area contributed by atoms with Gasteiger partial charge >= 0.3 is 0 Å². The Balaban J connectivity index is 1.98. The van der Waals surface area contributed by atoms with Gasteiger partial charge in [0, 0.05) is 7.05 Å². The zero-order valence-corrected chi connectivity index (χ0v) is 8.75. The van der Waals surface area contributed by atoms with Crippen molar-refractivity contribution in [2.24, 2.45) is 7.05 Å². The number of aryl methyl sites for hydroxylation is 2. The van der Waals surface area contributed by atoms with Crippen LogP contribution in [0.1, 0.15) is 10.0 Å². The highest BCUT2D eigenvalue weighted by molar-refractivity contribution is 7.11. The van der Waals surface area contributed by atoms with Crippen molar-refractivity contribution >= 4 is 17.2 Å². The van der Waals surface area contributed by atoms with E-state index in [4.69, 9.17) is 0 Å². The fraction of sp³-hybridized carbons (Fsp3) is 0.429. The molecule has 0 aliphatic heterocycles. The largest absolute Gasteiger partial charge is 0.362 e. The molecule has 0 amide bonds. The molecule has 0 aliphatic rings. The molecular formula is C7H10N6S. The molecular weight excluding hydrogens is 200 g/mol. The Bertz CT molecular complexity index is 419. The van der Waals surface area contributed by atoms with Gasteiger partial charge in [0.25, 0.3) is 0 Å². The Labute approximate surface area is 85.0 Å². The summed E-state index contributed by atoms with van der Waals surface area (Å²) >= 11 is 1.58. The molecule has 2 aromatic rings. The van der Waals surface area contributed by atoms with Crippen LogP contribution in [0.3, 0.4) is 0 Å². The highest BCUT2D eigenvalue weighted by Gasteiger charge is 2.02. The van der Waals surface area contributed by atoms with Crippen LogP contribution >= 0.6 is 11.3 Å². The molecule has 1 N–H and O–H groups in total. The molecule has 0 saturated heterocycles. The molecule has 0 unspecified atom stereocenters. The van der Waals surface area contributed by atoms with E-state index in [-0.39, 0.29) is 0 Å². The lowest BCUT2D eigenvalue weighted by molar-refractivity contribution is 0.716. The molecule has 0 fully saturated rings. The van der Waals surface area contributed by atoms with Crippen molar-refractivity contribution in [3.8, 4) is 0 Å². The van der Waals surface area contributed by atoms with Crippen LogP contribution in [-0.4, -0.2) is 25.2 Å². The molecule has 0 aromatic carbocycles. The van der Waals surface area contributed by atoms with Crippen LogP contribution in [0.2, 0.25) is 0 Å². The van der Waals surface area contributed by atoms with Crippen molar-refractivity contribution in [1.82, 2.24) is 25.2 Å². The molecule has 0 spiro atoms. The fourth-order valence-corrected chi connectivity index (χ4v) is 1.67. The average molecular weight is 210 g/mol. The van der Waals surface area contributed by atoms with Gasteiger partial charge in [-0.1, -0.05) is 16.6 Å². The van der Waals surface area contributed by atoms with Crippen molar-refractivity contribution < 1.29 is 0 Å². The summed E-state index contributed by atoms with van der Waals surface area (Å²) in [6.07, 6.45) is 1.67. The SMILES string of the molecule is Cc1nnc(CNc2cnnn2C)s1. The summed E-state index contributed by atoms with van der Waals surface area (Å²) in [7, 11) is 1.83. The third-order valence-corrected chi connectivity index (χ3v) is 2.54. The predicted molar refractivity (Wildman–Crippen MR) is 53.0 cm³/mol. The second-order valence-corrected chi connectivity index (χ2v) is 4.08. The van der Waals surface area contributed by atoms with Gasteiger partial charge < -0.3 is 5.32 Å². The lowest BCUT2D eigenvalue weighted by Gasteiger charge is -2.01. The molecule has 74 valence electrons. The highest BCUT2D eigenvalue weighted by atomic mass is 32.1. The normalized spacial score (nSPS) is 10.4. The zero-order valence-electron chi connectivity index (χ0n) is 7.93. The van der Waals surface area contributed by atoms with Gasteiger partial charge in [-0.3, -0.25) is 0 Å². The summed E-state index contributed by atoms with van der Waals surface area (Å²) in [6, 6.07) is 0. The zero-order chi connectivity index (χ0) is 9.97. The van der Waals surface area contributed by atoms with E-state index in [2.05, 4.69) is 25.8 Å². The van der Waals surface area contributed by atoms with E-state index in [1.54, 1.807) is 22.2 Å². The molecule has 7 heteroatoms. The van der Waals surface area contributed by atoms with E-state index in [0.717, 1.165) is 15.8 Å². The third-order valence-electron chi connectivity index (χ3n) is 1.70. The summed E-state index contributed by atoms with van der Waals surface area (Å²) in [5.41, 5.74) is 0. The molecule has 2 aromatic heterocycles. The molecule has 0 atom stereocenters. The molecule has 14 heavy (non-hydrogen) atoms. The summed E-state index contributed by atoms with van der Waals surface area (Å²) in [5.74, 6) is 0.873. The number of anilines is 1. The van der Waals surface area contributed by atoms with Crippen LogP contribution in [0, 0.1) is 6.92 Å². The summed E-state index contributed by atoms with van der Waals surface area (Å²) < 4.78 is 1.67. The van der Waals surface area contributed by atoms with Crippen LogP contribution in [0.25, 0.3) is 0 Å². The first kappa shape index (κ1) is 9.07. The first-order chi connectivity index (χ1) is 6.75. The van der Waals surface area contributed by atoms with Crippen LogP contribution in [-0.2, 0) is 13.6 Å². The first-order valence-corrected chi connectivity index (χ1v) is 4.95. The molecule has 6 nitrogen and oxygen atoms in total. The second kappa shape index (κ2) is 3.70. The molecule has 0 bridgehead atoms. The van der Waals surface area contributed by atoms with Crippen LogP contribution in [0.15, 0.2) is 6.20 Å². The molecule has 0 saturated carbocycles. The number of hydrogen-bond acceptors (Lipinski definition) is 6. The fourth-order valence-electron chi connectivity index (χ4n) is 1.02. The van der Waals surface area contributed by atoms with Crippen LogP contribution in [0.4, 0.5) is 5.82 Å². The standard InChI is InChI=1S/C7H10N6S/c1-5-10-11-7(14-5)4-8-6-3-9-12-13(6)2/h3,8H,4H2,1-2H3. The number of hydrogen-bond donors (Lipinski definition) is 1. The average Bonchev–Trinajstić information content (AvgIpc) is 2.72. The lowest BCUT2D eigenvalue weighted by atomic mass is 10.6. The maximum absolute atomic E-state index is 4.00. The summed E-state index contributed by atoms with van der Waals surface area (Å²) in [5, 5.41) is 20.6. The quantitative estimate of drug-likeness (QED) is 0.802. The van der Waals surface area contributed by atoms with Gasteiger partial charge in [0.05, 0.1) is 12.7 Å². The topological polar surface area (TPSA) is 68.5 Å². The number of aromatic nitrogens is 5. The van der Waals surface area contributed by atoms with Gasteiger partial charge in [0.2, 0.25) is 0 Å². The maximum atomic E-state index is 4.00. The van der Waals surface area contributed by atoms with E-state index in [0.29, 0.717) is 6.54 Å². The smallest absolute Gasteiger partial charge is 0.144 e. The van der Waals surface area contributed by atoms with Gasteiger partial charge in [-0.15, -0.1) is 15.3 Å². The molecule has 0 aliphatic carbocycles. The van der Waals surface area contributed by atoms with Gasteiger partial charge in [0.1, 0.15) is 15.8 Å². The van der Waals surface area contributed by atoms with Crippen molar-refractivity contribution in [2.45, 2.75) is 13.5 Å². The van der Waals surface area contributed by atoms with E-state index in [1.807, 2.05) is 14.0 Å². The maximum Gasteiger partial charge on any atom is 0.144 e. The van der Waals surface area contributed by atoms with Gasteiger partial charge in [0.15, 0.2) is 0 Å². The van der Waals surface area contributed by atoms with Gasteiger partial charge in [-0.2, -0.15) is 0 Å². The molecule has 2 rings (SSSR count). The summed E-state index contributed by atoms with van der Waals surface area (Å²) in [6.45, 7) is 2.60. The molecule has 2 heterocycles. The Morgan fingerprint density at radius 1 is 1.50 bits per heavy atom. The van der Waals surface area contributed by atoms with Crippen molar-refractivity contribution in [3.05, 3.63) is 16.2 Å². The van der Waals surface area contributed by atoms with Crippen LogP contribution < -0.4 is 5.32 Å².